The maximum Gasteiger partial charge on any atom is 0.272 e. The standard InChI is InChI=1S/C23H26N4O3S2/c28-23(21-17-4-3-6-18(17)25-27(21)16-10-13-32(29,30)14-16)26-11-8-15(9-12-26)22-24-19-5-1-2-7-20(19)31-22/h1-2,5,7,15-16H,3-4,6,8-14H2. The predicted molar refractivity (Wildman–Crippen MR) is 124 cm³/mol. The average Bonchev–Trinajstić information content (AvgIpc) is 3.55. The van der Waals surface area contributed by atoms with Crippen molar-refractivity contribution in [3.05, 3.63) is 46.2 Å². The highest BCUT2D eigenvalue weighted by atomic mass is 32.2. The number of likely N-dealkylation sites (tertiary alicyclic amines) is 1. The number of aryl methyl sites for hydroxylation is 1. The lowest BCUT2D eigenvalue weighted by atomic mass is 9.97. The van der Waals surface area contributed by atoms with E-state index in [9.17, 15) is 13.2 Å². The number of hydrogen-bond acceptors (Lipinski definition) is 6. The van der Waals surface area contributed by atoms with E-state index < -0.39 is 9.84 Å². The van der Waals surface area contributed by atoms with Gasteiger partial charge in [-0.1, -0.05) is 12.1 Å². The molecule has 1 amide bonds. The molecular formula is C23H26N4O3S2. The number of rotatable bonds is 3. The van der Waals surface area contributed by atoms with Crippen molar-refractivity contribution in [2.24, 2.45) is 0 Å². The van der Waals surface area contributed by atoms with Crippen LogP contribution in [0.2, 0.25) is 0 Å². The summed E-state index contributed by atoms with van der Waals surface area (Å²) in [5.41, 5.74) is 3.74. The predicted octanol–water partition coefficient (Wildman–Crippen LogP) is 3.36. The number of sulfone groups is 1. The monoisotopic (exact) mass is 470 g/mol. The minimum Gasteiger partial charge on any atom is -0.337 e. The molecule has 0 radical (unpaired) electrons. The van der Waals surface area contributed by atoms with Gasteiger partial charge in [-0.2, -0.15) is 5.10 Å². The van der Waals surface area contributed by atoms with Gasteiger partial charge in [0.25, 0.3) is 5.91 Å². The summed E-state index contributed by atoms with van der Waals surface area (Å²) in [6, 6.07) is 8.01. The van der Waals surface area contributed by atoms with Crippen molar-refractivity contribution in [3.63, 3.8) is 0 Å². The van der Waals surface area contributed by atoms with E-state index in [1.807, 2.05) is 17.0 Å². The van der Waals surface area contributed by atoms with Gasteiger partial charge in [-0.3, -0.25) is 9.48 Å². The summed E-state index contributed by atoms with van der Waals surface area (Å²) in [6.07, 6.45) is 5.10. The normalized spacial score (nSPS) is 23.1. The minimum absolute atomic E-state index is 0.0210. The van der Waals surface area contributed by atoms with Gasteiger partial charge < -0.3 is 4.90 Å². The number of aromatic nitrogens is 3. The van der Waals surface area contributed by atoms with Crippen molar-refractivity contribution >= 4 is 37.3 Å². The first-order valence-electron chi connectivity index (χ1n) is 11.4. The van der Waals surface area contributed by atoms with Gasteiger partial charge in [0.1, 0.15) is 5.69 Å². The van der Waals surface area contributed by atoms with E-state index >= 15 is 0 Å². The molecule has 2 aromatic heterocycles. The van der Waals surface area contributed by atoms with Gasteiger partial charge in [0, 0.05) is 24.6 Å². The van der Waals surface area contributed by atoms with Crippen LogP contribution in [0.3, 0.4) is 0 Å². The van der Waals surface area contributed by atoms with Crippen LogP contribution in [-0.4, -0.2) is 58.6 Å². The number of fused-ring (bicyclic) bond motifs is 2. The van der Waals surface area contributed by atoms with Crippen LogP contribution < -0.4 is 0 Å². The molecule has 1 aliphatic carbocycles. The second kappa shape index (κ2) is 7.66. The van der Waals surface area contributed by atoms with Crippen LogP contribution in [0.4, 0.5) is 0 Å². The van der Waals surface area contributed by atoms with E-state index in [0.29, 0.717) is 31.1 Å². The molecule has 3 aromatic rings. The number of benzene rings is 1. The lowest BCUT2D eigenvalue weighted by Crippen LogP contribution is -2.39. The molecule has 6 rings (SSSR count). The van der Waals surface area contributed by atoms with Gasteiger partial charge in [0.2, 0.25) is 0 Å². The maximum absolute atomic E-state index is 13.6. The van der Waals surface area contributed by atoms with Gasteiger partial charge >= 0.3 is 0 Å². The topological polar surface area (TPSA) is 85.2 Å². The van der Waals surface area contributed by atoms with Crippen molar-refractivity contribution in [3.8, 4) is 0 Å². The molecule has 0 bridgehead atoms. The number of hydrogen-bond donors (Lipinski definition) is 0. The van der Waals surface area contributed by atoms with E-state index in [0.717, 1.165) is 48.9 Å². The molecule has 0 saturated carbocycles. The summed E-state index contributed by atoms with van der Waals surface area (Å²) in [5.74, 6) is 0.677. The molecule has 3 aliphatic rings. The number of amides is 1. The lowest BCUT2D eigenvalue weighted by molar-refractivity contribution is 0.0696. The Morgan fingerprint density at radius 3 is 2.66 bits per heavy atom. The summed E-state index contributed by atoms with van der Waals surface area (Å²) < 4.78 is 27.1. The fourth-order valence-corrected chi connectivity index (χ4v) is 8.24. The smallest absolute Gasteiger partial charge is 0.272 e. The SMILES string of the molecule is O=C(c1c2c(nn1C1CCS(=O)(=O)C1)CCC2)N1CCC(c2nc3ccccc3s2)CC1. The van der Waals surface area contributed by atoms with Crippen LogP contribution in [0, 0.1) is 0 Å². The Bertz CT molecular complexity index is 1270. The zero-order valence-electron chi connectivity index (χ0n) is 17.9. The van der Waals surface area contributed by atoms with Gasteiger partial charge in [-0.25, -0.2) is 13.4 Å². The molecule has 0 spiro atoms. The molecule has 2 saturated heterocycles. The second-order valence-corrected chi connectivity index (χ2v) is 12.5. The van der Waals surface area contributed by atoms with E-state index in [1.54, 1.807) is 16.0 Å². The van der Waals surface area contributed by atoms with Gasteiger partial charge in [-0.05, 0) is 50.7 Å². The van der Waals surface area contributed by atoms with Crippen LogP contribution in [-0.2, 0) is 22.7 Å². The summed E-state index contributed by atoms with van der Waals surface area (Å²) >= 11 is 1.76. The van der Waals surface area contributed by atoms with E-state index in [-0.39, 0.29) is 23.5 Å². The van der Waals surface area contributed by atoms with Crippen LogP contribution in [0.15, 0.2) is 24.3 Å². The minimum atomic E-state index is -3.04. The number of carbonyl (C=O) groups excluding carboxylic acids is 1. The van der Waals surface area contributed by atoms with Crippen LogP contribution in [0.1, 0.15) is 64.4 Å². The highest BCUT2D eigenvalue weighted by Gasteiger charge is 2.37. The largest absolute Gasteiger partial charge is 0.337 e. The zero-order valence-corrected chi connectivity index (χ0v) is 19.5. The number of piperidine rings is 1. The average molecular weight is 471 g/mol. The van der Waals surface area contributed by atoms with Gasteiger partial charge in [0.15, 0.2) is 9.84 Å². The van der Waals surface area contributed by atoms with Crippen molar-refractivity contribution in [2.75, 3.05) is 24.6 Å². The zero-order chi connectivity index (χ0) is 21.9. The summed E-state index contributed by atoms with van der Waals surface area (Å²) in [5, 5.41) is 5.90. The third-order valence-electron chi connectivity index (χ3n) is 7.13. The molecule has 32 heavy (non-hydrogen) atoms. The Kier molecular flexibility index (Phi) is 4.87. The Morgan fingerprint density at radius 1 is 1.09 bits per heavy atom. The van der Waals surface area contributed by atoms with E-state index in [1.165, 1.54) is 9.71 Å². The molecule has 7 nitrogen and oxygen atoms in total. The number of para-hydroxylation sites is 1. The Balaban J connectivity index is 1.23. The van der Waals surface area contributed by atoms with Crippen LogP contribution >= 0.6 is 11.3 Å². The van der Waals surface area contributed by atoms with Crippen molar-refractivity contribution < 1.29 is 13.2 Å². The molecule has 1 unspecified atom stereocenters. The van der Waals surface area contributed by atoms with Crippen LogP contribution in [0.25, 0.3) is 10.2 Å². The third-order valence-corrected chi connectivity index (χ3v) is 10.1. The number of carbonyl (C=O) groups is 1. The first-order chi connectivity index (χ1) is 15.5. The van der Waals surface area contributed by atoms with E-state index in [2.05, 4.69) is 12.1 Å². The summed E-state index contributed by atoms with van der Waals surface area (Å²) in [4.78, 5) is 20.4. The third kappa shape index (κ3) is 3.46. The summed E-state index contributed by atoms with van der Waals surface area (Å²) in [7, 11) is -3.04. The molecule has 9 heteroatoms. The molecule has 2 aliphatic heterocycles. The Hall–Kier alpha value is -2.26. The highest BCUT2D eigenvalue weighted by molar-refractivity contribution is 7.91. The number of thiazole rings is 1. The first kappa shape index (κ1) is 20.4. The fourth-order valence-electron chi connectivity index (χ4n) is 5.42. The van der Waals surface area contributed by atoms with Gasteiger partial charge in [0.05, 0.1) is 38.5 Å². The number of nitrogens with zero attached hydrogens (tertiary/aromatic N) is 4. The highest BCUT2D eigenvalue weighted by Crippen LogP contribution is 2.36. The molecule has 4 heterocycles. The second-order valence-electron chi connectivity index (χ2n) is 9.22. The fraction of sp³-hybridized carbons (Fsp3) is 0.522. The quantitative estimate of drug-likeness (QED) is 0.586. The molecule has 0 N–H and O–H groups in total. The van der Waals surface area contributed by atoms with Crippen LogP contribution in [0.5, 0.6) is 0 Å². The maximum atomic E-state index is 13.6. The van der Waals surface area contributed by atoms with Gasteiger partial charge in [-0.15, -0.1) is 11.3 Å². The molecule has 2 fully saturated rings. The Morgan fingerprint density at radius 2 is 1.91 bits per heavy atom. The molecule has 1 aromatic carbocycles. The molecule has 168 valence electrons. The van der Waals surface area contributed by atoms with Crippen molar-refractivity contribution in [1.29, 1.82) is 0 Å². The molecule has 1 atom stereocenters. The van der Waals surface area contributed by atoms with E-state index in [4.69, 9.17) is 10.1 Å². The van der Waals surface area contributed by atoms with Crippen molar-refractivity contribution in [1.82, 2.24) is 19.7 Å². The first-order valence-corrected chi connectivity index (χ1v) is 14.1. The Labute approximate surface area is 191 Å². The summed E-state index contributed by atoms with van der Waals surface area (Å²) in [6.45, 7) is 1.39. The van der Waals surface area contributed by atoms with Crippen molar-refractivity contribution in [2.45, 2.75) is 50.5 Å². The molecular weight excluding hydrogens is 444 g/mol. The lowest BCUT2D eigenvalue weighted by Gasteiger charge is -2.31.